The molecule has 0 saturated heterocycles. The molecule has 0 amide bonds. The van der Waals surface area contributed by atoms with Crippen molar-refractivity contribution in [2.45, 2.75) is 63.5 Å². The molecule has 7 heteroatoms. The highest BCUT2D eigenvalue weighted by Crippen LogP contribution is 2.40. The highest BCUT2D eigenvalue weighted by Gasteiger charge is 2.38. The number of thioether (sulfide) groups is 1. The third kappa shape index (κ3) is 6.83. The first-order chi connectivity index (χ1) is 18.0. The third-order valence-corrected chi connectivity index (χ3v) is 10.5. The number of sulfonamides is 1. The Kier molecular flexibility index (Phi) is 10.1. The van der Waals surface area contributed by atoms with E-state index in [0.29, 0.717) is 16.0 Å². The van der Waals surface area contributed by atoms with E-state index in [1.54, 1.807) is 6.92 Å². The molecule has 0 aromatic heterocycles. The van der Waals surface area contributed by atoms with E-state index < -0.39 is 33.3 Å². The Hall–Kier alpha value is -2.71. The summed E-state index contributed by atoms with van der Waals surface area (Å²) >= 11 is 1.07. The molecule has 3 aromatic rings. The van der Waals surface area contributed by atoms with Crippen molar-refractivity contribution < 1.29 is 18.3 Å². The van der Waals surface area contributed by atoms with Crippen molar-refractivity contribution in [2.24, 2.45) is 5.92 Å². The second-order valence-corrected chi connectivity index (χ2v) is 12.8. The minimum absolute atomic E-state index is 0.153. The van der Waals surface area contributed by atoms with Gasteiger partial charge in [-0.3, -0.25) is 4.79 Å². The molecule has 0 aliphatic heterocycles. The summed E-state index contributed by atoms with van der Waals surface area (Å²) < 4.78 is 30.4. The standard InChI is InChI=1S/C31H37NO4S2/c1-7-28(33)24(5)31(34)37-29(27-16-12-9-13-17-27)25(6)32(20-26-14-10-8-11-15-26)38(35,36)30-22(3)18-21(2)19-23(30)4/h7-19,24-25,28-29,33H,1,20H2,2-6H3/t24-,25+,28-,29+/m0/s1. The second-order valence-electron chi connectivity index (χ2n) is 9.79. The molecule has 4 atom stereocenters. The van der Waals surface area contributed by atoms with Crippen molar-refractivity contribution in [3.63, 3.8) is 0 Å². The van der Waals surface area contributed by atoms with Gasteiger partial charge in [0.25, 0.3) is 0 Å². The molecule has 1 N–H and O–H groups in total. The van der Waals surface area contributed by atoms with Crippen LogP contribution in [0, 0.1) is 26.7 Å². The van der Waals surface area contributed by atoms with Crippen molar-refractivity contribution in [3.8, 4) is 0 Å². The van der Waals surface area contributed by atoms with Gasteiger partial charge in [-0.25, -0.2) is 8.42 Å². The summed E-state index contributed by atoms with van der Waals surface area (Å²) in [5, 5.41) is 9.49. The average Bonchev–Trinajstić information content (AvgIpc) is 2.89. The lowest BCUT2D eigenvalue weighted by molar-refractivity contribution is -0.116. The zero-order chi connectivity index (χ0) is 28.0. The van der Waals surface area contributed by atoms with Crippen LogP contribution in [-0.4, -0.2) is 35.1 Å². The fourth-order valence-electron chi connectivity index (χ4n) is 4.72. The van der Waals surface area contributed by atoms with E-state index in [4.69, 9.17) is 0 Å². The number of hydrogen-bond donors (Lipinski definition) is 1. The van der Waals surface area contributed by atoms with Crippen LogP contribution in [0.1, 0.15) is 46.9 Å². The predicted octanol–water partition coefficient (Wildman–Crippen LogP) is 6.38. The maximum absolute atomic E-state index is 14.4. The summed E-state index contributed by atoms with van der Waals surface area (Å²) in [6, 6.07) is 22.1. The van der Waals surface area contributed by atoms with Gasteiger partial charge in [-0.2, -0.15) is 4.31 Å². The zero-order valence-electron chi connectivity index (χ0n) is 22.7. The lowest BCUT2D eigenvalue weighted by atomic mass is 10.1. The molecule has 0 aliphatic rings. The van der Waals surface area contributed by atoms with Crippen LogP contribution in [-0.2, 0) is 21.4 Å². The molecule has 0 heterocycles. The van der Waals surface area contributed by atoms with Crippen molar-refractivity contribution >= 4 is 26.9 Å². The van der Waals surface area contributed by atoms with Crippen LogP contribution in [0.25, 0.3) is 0 Å². The number of benzene rings is 3. The summed E-state index contributed by atoms with van der Waals surface area (Å²) in [6.45, 7) is 12.9. The highest BCUT2D eigenvalue weighted by molar-refractivity contribution is 8.13. The lowest BCUT2D eigenvalue weighted by Crippen LogP contribution is -2.42. The van der Waals surface area contributed by atoms with Gasteiger partial charge in [0.2, 0.25) is 10.0 Å². The Labute approximate surface area is 231 Å². The quantitative estimate of drug-likeness (QED) is 0.280. The van der Waals surface area contributed by atoms with Crippen LogP contribution in [0.2, 0.25) is 0 Å². The summed E-state index contributed by atoms with van der Waals surface area (Å²) in [6.07, 6.45) is 0.364. The summed E-state index contributed by atoms with van der Waals surface area (Å²) in [5.41, 5.74) is 4.07. The van der Waals surface area contributed by atoms with E-state index in [2.05, 4.69) is 6.58 Å². The predicted molar refractivity (Wildman–Crippen MR) is 156 cm³/mol. The van der Waals surface area contributed by atoms with E-state index in [0.717, 1.165) is 28.5 Å². The number of aliphatic hydroxyl groups is 1. The number of carbonyl (C=O) groups excluding carboxylic acids is 1. The van der Waals surface area contributed by atoms with Gasteiger partial charge in [0.1, 0.15) is 0 Å². The van der Waals surface area contributed by atoms with Gasteiger partial charge in [-0.15, -0.1) is 6.58 Å². The first kappa shape index (κ1) is 29.8. The fraction of sp³-hybridized carbons (Fsp3) is 0.323. The minimum Gasteiger partial charge on any atom is -0.388 e. The molecule has 3 aromatic carbocycles. The fourth-order valence-corrected chi connectivity index (χ4v) is 8.08. The molecule has 0 bridgehead atoms. The minimum atomic E-state index is -3.96. The third-order valence-electron chi connectivity index (χ3n) is 6.74. The first-order valence-electron chi connectivity index (χ1n) is 12.7. The van der Waals surface area contributed by atoms with Gasteiger partial charge in [0, 0.05) is 12.6 Å². The molecule has 5 nitrogen and oxygen atoms in total. The number of hydrogen-bond acceptors (Lipinski definition) is 5. The van der Waals surface area contributed by atoms with Crippen molar-refractivity contribution in [1.29, 1.82) is 0 Å². The monoisotopic (exact) mass is 551 g/mol. The smallest absolute Gasteiger partial charge is 0.244 e. The first-order valence-corrected chi connectivity index (χ1v) is 15.0. The molecule has 3 rings (SSSR count). The number of aryl methyl sites for hydroxylation is 3. The Bertz CT molecular complexity index is 1330. The molecular weight excluding hydrogens is 514 g/mol. The van der Waals surface area contributed by atoms with Crippen LogP contribution in [0.4, 0.5) is 0 Å². The molecule has 0 radical (unpaired) electrons. The van der Waals surface area contributed by atoms with E-state index in [1.165, 1.54) is 10.4 Å². The Morgan fingerprint density at radius 2 is 1.50 bits per heavy atom. The van der Waals surface area contributed by atoms with Crippen LogP contribution in [0.15, 0.2) is 90.3 Å². The van der Waals surface area contributed by atoms with Gasteiger partial charge >= 0.3 is 0 Å². The summed E-state index contributed by atoms with van der Waals surface area (Å²) in [4.78, 5) is 13.6. The number of carbonyl (C=O) groups is 1. The van der Waals surface area contributed by atoms with E-state index in [-0.39, 0.29) is 11.7 Å². The van der Waals surface area contributed by atoms with Crippen molar-refractivity contribution in [2.75, 3.05) is 0 Å². The van der Waals surface area contributed by atoms with Crippen LogP contribution in [0.3, 0.4) is 0 Å². The Morgan fingerprint density at radius 3 is 2.03 bits per heavy atom. The van der Waals surface area contributed by atoms with Gasteiger partial charge in [-0.05, 0) is 49.9 Å². The van der Waals surface area contributed by atoms with E-state index in [9.17, 15) is 18.3 Å². The molecule has 0 fully saturated rings. The number of aliphatic hydroxyl groups excluding tert-OH is 1. The SMILES string of the molecule is C=C[C@H](O)[C@H](C)C(=O)S[C@@H](c1ccccc1)[C@@H](C)N(Cc1ccccc1)S(=O)(=O)c1c(C)cc(C)cc1C. The molecule has 38 heavy (non-hydrogen) atoms. The molecule has 0 aliphatic carbocycles. The largest absolute Gasteiger partial charge is 0.388 e. The summed E-state index contributed by atoms with van der Waals surface area (Å²) in [7, 11) is -3.96. The molecule has 0 unspecified atom stereocenters. The number of rotatable bonds is 11. The maximum Gasteiger partial charge on any atom is 0.244 e. The van der Waals surface area contributed by atoms with E-state index in [1.807, 2.05) is 100 Å². The maximum atomic E-state index is 14.4. The van der Waals surface area contributed by atoms with Crippen LogP contribution >= 0.6 is 11.8 Å². The van der Waals surface area contributed by atoms with Gasteiger partial charge < -0.3 is 5.11 Å². The topological polar surface area (TPSA) is 74.7 Å². The molecule has 0 saturated carbocycles. The molecule has 202 valence electrons. The average molecular weight is 552 g/mol. The van der Waals surface area contributed by atoms with Crippen molar-refractivity contribution in [1.82, 2.24) is 4.31 Å². The summed E-state index contributed by atoms with van der Waals surface area (Å²) in [5.74, 6) is -0.684. The van der Waals surface area contributed by atoms with Crippen molar-refractivity contribution in [3.05, 3.63) is 113 Å². The molecular formula is C31H37NO4S2. The van der Waals surface area contributed by atoms with Gasteiger partial charge in [0.15, 0.2) is 5.12 Å². The Morgan fingerprint density at radius 1 is 0.974 bits per heavy atom. The highest BCUT2D eigenvalue weighted by atomic mass is 32.2. The molecule has 0 spiro atoms. The zero-order valence-corrected chi connectivity index (χ0v) is 24.3. The van der Waals surface area contributed by atoms with Gasteiger partial charge in [-0.1, -0.05) is 103 Å². The number of nitrogens with zero attached hydrogens (tertiary/aromatic N) is 1. The lowest BCUT2D eigenvalue weighted by Gasteiger charge is -2.35. The van der Waals surface area contributed by atoms with E-state index >= 15 is 0 Å². The Balaban J connectivity index is 2.14. The normalized spacial score (nSPS) is 15.0. The second kappa shape index (κ2) is 12.9. The van der Waals surface area contributed by atoms with Crippen LogP contribution < -0.4 is 0 Å². The van der Waals surface area contributed by atoms with Gasteiger partial charge in [0.05, 0.1) is 22.2 Å². The van der Waals surface area contributed by atoms with Crippen LogP contribution in [0.5, 0.6) is 0 Å².